The second kappa shape index (κ2) is 9.65. The number of nitrogens with one attached hydrogen (secondary N) is 1. The number of nitrogens with zero attached hydrogens (tertiary/aromatic N) is 3. The van der Waals surface area contributed by atoms with Crippen molar-refractivity contribution in [3.05, 3.63) is 18.0 Å². The second-order valence-electron chi connectivity index (χ2n) is 9.40. The first-order valence-corrected chi connectivity index (χ1v) is 11.8. The molecule has 1 saturated heterocycles. The van der Waals surface area contributed by atoms with Crippen LogP contribution in [0.25, 0.3) is 10.9 Å². The molecular weight excluding hydrogens is 392 g/mol. The van der Waals surface area contributed by atoms with Gasteiger partial charge in [0.25, 0.3) is 0 Å². The highest BCUT2D eigenvalue weighted by Gasteiger charge is 2.28. The Labute approximate surface area is 185 Å². The van der Waals surface area contributed by atoms with Crippen LogP contribution in [-0.2, 0) is 4.74 Å². The zero-order valence-corrected chi connectivity index (χ0v) is 19.2. The topological polar surface area (TPSA) is 89.4 Å². The van der Waals surface area contributed by atoms with E-state index in [2.05, 4.69) is 38.0 Å². The molecule has 0 radical (unpaired) electrons. The van der Waals surface area contributed by atoms with Gasteiger partial charge >= 0.3 is 0 Å². The molecule has 0 aromatic carbocycles. The van der Waals surface area contributed by atoms with Gasteiger partial charge in [0.1, 0.15) is 6.10 Å². The highest BCUT2D eigenvalue weighted by molar-refractivity contribution is 5.86. The van der Waals surface area contributed by atoms with Crippen molar-refractivity contribution in [2.24, 2.45) is 0 Å². The molecule has 2 aromatic heterocycles. The molecule has 1 aliphatic carbocycles. The van der Waals surface area contributed by atoms with Crippen LogP contribution in [0.2, 0.25) is 0 Å². The first kappa shape index (κ1) is 22.2. The summed E-state index contributed by atoms with van der Waals surface area (Å²) in [5.74, 6) is 1.60. The number of hydrogen-bond acceptors (Lipinski definition) is 7. The maximum atomic E-state index is 9.95. The Hall–Kier alpha value is -1.99. The van der Waals surface area contributed by atoms with Crippen LogP contribution in [0.3, 0.4) is 0 Å². The van der Waals surface area contributed by atoms with Crippen LogP contribution in [0.15, 0.2) is 12.4 Å². The van der Waals surface area contributed by atoms with Crippen LogP contribution in [-0.4, -0.2) is 50.5 Å². The number of rotatable bonds is 6. The van der Waals surface area contributed by atoms with E-state index in [4.69, 9.17) is 19.4 Å². The molecule has 7 nitrogen and oxygen atoms in total. The summed E-state index contributed by atoms with van der Waals surface area (Å²) in [6.07, 6.45) is 10.3. The molecule has 4 rings (SSSR count). The molecule has 170 valence electrons. The van der Waals surface area contributed by atoms with E-state index in [9.17, 15) is 5.11 Å². The van der Waals surface area contributed by atoms with Crippen LogP contribution in [0.1, 0.15) is 84.1 Å². The summed E-state index contributed by atoms with van der Waals surface area (Å²) >= 11 is 0. The van der Waals surface area contributed by atoms with Crippen molar-refractivity contribution in [2.45, 2.75) is 109 Å². The number of aliphatic hydroxyl groups excluding tert-OH is 1. The van der Waals surface area contributed by atoms with Crippen molar-refractivity contribution in [1.29, 1.82) is 0 Å². The summed E-state index contributed by atoms with van der Waals surface area (Å²) in [5, 5.41) is 14.2. The average molecular weight is 429 g/mol. The summed E-state index contributed by atoms with van der Waals surface area (Å²) in [4.78, 5) is 14.2. The van der Waals surface area contributed by atoms with Gasteiger partial charge in [-0.2, -0.15) is 0 Å². The lowest BCUT2D eigenvalue weighted by Crippen LogP contribution is -2.35. The lowest BCUT2D eigenvalue weighted by molar-refractivity contribution is -0.0726. The Bertz CT molecular complexity index is 874. The van der Waals surface area contributed by atoms with Gasteiger partial charge in [-0.05, 0) is 58.8 Å². The number of anilines is 1. The van der Waals surface area contributed by atoms with Crippen molar-refractivity contribution < 1.29 is 14.6 Å². The fourth-order valence-electron chi connectivity index (χ4n) is 4.79. The van der Waals surface area contributed by atoms with E-state index >= 15 is 0 Å². The molecular formula is C24H36N4O3. The lowest BCUT2D eigenvalue weighted by atomic mass is 9.83. The van der Waals surface area contributed by atoms with Crippen molar-refractivity contribution >= 4 is 16.9 Å². The van der Waals surface area contributed by atoms with Crippen molar-refractivity contribution in [3.8, 4) is 5.88 Å². The molecule has 2 aliphatic rings. The molecule has 0 bridgehead atoms. The molecule has 4 atom stereocenters. The zero-order chi connectivity index (χ0) is 22.0. The Balaban J connectivity index is 1.68. The van der Waals surface area contributed by atoms with Gasteiger partial charge in [0.05, 0.1) is 29.2 Å². The van der Waals surface area contributed by atoms with E-state index in [1.807, 2.05) is 12.4 Å². The maximum Gasteiger partial charge on any atom is 0.224 e. The SMILES string of the molecule is CC[C@H](C)Nc1ncc2c(OC3C[C@@H](C)O[C@@H](C)C3)ncc(C3CCC(O)CC3)c2n1. The van der Waals surface area contributed by atoms with Gasteiger partial charge in [0, 0.05) is 36.8 Å². The van der Waals surface area contributed by atoms with E-state index in [-0.39, 0.29) is 24.4 Å². The monoisotopic (exact) mass is 428 g/mol. The van der Waals surface area contributed by atoms with Crippen LogP contribution in [0.5, 0.6) is 5.88 Å². The Morgan fingerprint density at radius 3 is 2.52 bits per heavy atom. The molecule has 1 unspecified atom stereocenters. The molecule has 0 amide bonds. The van der Waals surface area contributed by atoms with Gasteiger partial charge in [-0.1, -0.05) is 6.92 Å². The van der Waals surface area contributed by atoms with Gasteiger partial charge in [0.2, 0.25) is 11.8 Å². The average Bonchev–Trinajstić information content (AvgIpc) is 2.74. The van der Waals surface area contributed by atoms with Gasteiger partial charge in [-0.3, -0.25) is 0 Å². The largest absolute Gasteiger partial charge is 0.474 e. The predicted octanol–water partition coefficient (Wildman–Crippen LogP) is 4.59. The Morgan fingerprint density at radius 2 is 1.84 bits per heavy atom. The van der Waals surface area contributed by atoms with Gasteiger partial charge in [-0.25, -0.2) is 15.0 Å². The normalized spacial score (nSPS) is 30.2. The van der Waals surface area contributed by atoms with Crippen LogP contribution >= 0.6 is 0 Å². The summed E-state index contributed by atoms with van der Waals surface area (Å²) < 4.78 is 12.2. The fraction of sp³-hybridized carbons (Fsp3) is 0.708. The van der Waals surface area contributed by atoms with Crippen molar-refractivity contribution in [3.63, 3.8) is 0 Å². The Kier molecular flexibility index (Phi) is 6.92. The van der Waals surface area contributed by atoms with E-state index in [1.54, 1.807) is 0 Å². The molecule has 1 saturated carbocycles. The number of fused-ring (bicyclic) bond motifs is 1. The smallest absolute Gasteiger partial charge is 0.224 e. The zero-order valence-electron chi connectivity index (χ0n) is 19.2. The van der Waals surface area contributed by atoms with Crippen molar-refractivity contribution in [1.82, 2.24) is 15.0 Å². The first-order chi connectivity index (χ1) is 14.9. The van der Waals surface area contributed by atoms with Crippen molar-refractivity contribution in [2.75, 3.05) is 5.32 Å². The molecule has 0 spiro atoms. The predicted molar refractivity (Wildman–Crippen MR) is 122 cm³/mol. The summed E-state index contributed by atoms with van der Waals surface area (Å²) in [6, 6.07) is 0.300. The van der Waals surface area contributed by atoms with E-state index in [1.165, 1.54) is 0 Å². The molecule has 31 heavy (non-hydrogen) atoms. The Morgan fingerprint density at radius 1 is 1.13 bits per heavy atom. The highest BCUT2D eigenvalue weighted by Crippen LogP contribution is 2.38. The van der Waals surface area contributed by atoms with Crippen LogP contribution in [0.4, 0.5) is 5.95 Å². The number of pyridine rings is 1. The lowest BCUT2D eigenvalue weighted by Gasteiger charge is -2.32. The molecule has 1 aliphatic heterocycles. The minimum atomic E-state index is -0.187. The quantitative estimate of drug-likeness (QED) is 0.695. The standard InChI is InChI=1S/C24H36N4O3/c1-5-14(2)27-24-26-13-21-22(28-24)20(17-6-8-18(29)9-7-17)12-25-23(21)31-19-10-15(3)30-16(4)11-19/h12-19,29H,5-11H2,1-4H3,(H,26,27,28)/t14-,15-,16+,17?,18?,19?/m0/s1. The van der Waals surface area contributed by atoms with Gasteiger partial charge in [0.15, 0.2) is 0 Å². The van der Waals surface area contributed by atoms with E-state index in [0.29, 0.717) is 23.8 Å². The molecule has 2 aromatic rings. The second-order valence-corrected chi connectivity index (χ2v) is 9.40. The minimum Gasteiger partial charge on any atom is -0.474 e. The third kappa shape index (κ3) is 5.26. The summed E-state index contributed by atoms with van der Waals surface area (Å²) in [7, 11) is 0. The number of hydrogen-bond donors (Lipinski definition) is 2. The number of ether oxygens (including phenoxy) is 2. The number of aliphatic hydroxyl groups is 1. The number of aromatic nitrogens is 3. The third-order valence-corrected chi connectivity index (χ3v) is 6.67. The van der Waals surface area contributed by atoms with E-state index < -0.39 is 0 Å². The fourth-order valence-corrected chi connectivity index (χ4v) is 4.79. The molecule has 2 N–H and O–H groups in total. The first-order valence-electron chi connectivity index (χ1n) is 11.8. The van der Waals surface area contributed by atoms with Gasteiger partial charge < -0.3 is 19.9 Å². The summed E-state index contributed by atoms with van der Waals surface area (Å²) in [6.45, 7) is 8.46. The highest BCUT2D eigenvalue weighted by atomic mass is 16.5. The molecule has 2 fully saturated rings. The third-order valence-electron chi connectivity index (χ3n) is 6.67. The summed E-state index contributed by atoms with van der Waals surface area (Å²) in [5.41, 5.74) is 2.05. The van der Waals surface area contributed by atoms with Crippen LogP contribution in [0, 0.1) is 0 Å². The molecule has 3 heterocycles. The maximum absolute atomic E-state index is 9.95. The van der Waals surface area contributed by atoms with Crippen LogP contribution < -0.4 is 10.1 Å². The van der Waals surface area contributed by atoms with Gasteiger partial charge in [-0.15, -0.1) is 0 Å². The molecule has 7 heteroatoms. The minimum absolute atomic E-state index is 0.0723. The van der Waals surface area contributed by atoms with E-state index in [0.717, 1.165) is 61.4 Å².